The van der Waals surface area contributed by atoms with E-state index < -0.39 is 29.5 Å². The molecule has 0 radical (unpaired) electrons. The molecule has 0 saturated carbocycles. The van der Waals surface area contributed by atoms with Crippen LogP contribution >= 0.6 is 0 Å². The summed E-state index contributed by atoms with van der Waals surface area (Å²) < 4.78 is 11.1. The molecule has 0 aliphatic carbocycles. The van der Waals surface area contributed by atoms with Crippen molar-refractivity contribution in [1.29, 1.82) is 0 Å². The van der Waals surface area contributed by atoms with Gasteiger partial charge in [0.1, 0.15) is 11.2 Å². The van der Waals surface area contributed by atoms with Crippen molar-refractivity contribution >= 4 is 17.9 Å². The number of benzene rings is 1. The number of hydrogen-bond acceptors (Lipinski definition) is 6. The van der Waals surface area contributed by atoms with Gasteiger partial charge in [0.2, 0.25) is 0 Å². The van der Waals surface area contributed by atoms with E-state index in [2.05, 4.69) is 4.98 Å². The number of carbonyl (C=O) groups is 2. The number of aliphatic hydroxyl groups excluding tert-OH is 1. The molecule has 1 aromatic carbocycles. The molecule has 2 aromatic rings. The van der Waals surface area contributed by atoms with Crippen molar-refractivity contribution in [3.63, 3.8) is 0 Å². The van der Waals surface area contributed by atoms with E-state index in [0.29, 0.717) is 25.1 Å². The largest absolute Gasteiger partial charge is 0.444 e. The Morgan fingerprint density at radius 3 is 2.26 bits per heavy atom. The minimum atomic E-state index is -0.631. The minimum absolute atomic E-state index is 0.218. The molecule has 0 bridgehead atoms. The molecule has 1 aromatic heterocycles. The van der Waals surface area contributed by atoms with Crippen molar-refractivity contribution < 1.29 is 24.2 Å². The highest BCUT2D eigenvalue weighted by Crippen LogP contribution is 2.25. The SMILES string of the molecule is CC(C)(C)OC(=O)N(Cc1ccccc1)c1ccc(C[C@@H]2C[C@@H](O)CN2C(=O)OC(C)(C)C)nc1. The monoisotopic (exact) mass is 483 g/mol. The fourth-order valence-electron chi connectivity index (χ4n) is 3.91. The third kappa shape index (κ3) is 7.96. The summed E-state index contributed by atoms with van der Waals surface area (Å²) in [7, 11) is 0. The zero-order valence-corrected chi connectivity index (χ0v) is 21.5. The van der Waals surface area contributed by atoms with Crippen molar-refractivity contribution in [1.82, 2.24) is 9.88 Å². The van der Waals surface area contributed by atoms with Gasteiger partial charge in [-0.15, -0.1) is 0 Å². The van der Waals surface area contributed by atoms with Crippen LogP contribution in [-0.2, 0) is 22.4 Å². The maximum atomic E-state index is 13.0. The molecule has 1 aliphatic heterocycles. The predicted octanol–water partition coefficient (Wildman–Crippen LogP) is 4.94. The molecule has 1 saturated heterocycles. The summed E-state index contributed by atoms with van der Waals surface area (Å²) >= 11 is 0. The average molecular weight is 484 g/mol. The summed E-state index contributed by atoms with van der Waals surface area (Å²) in [6.07, 6.45) is 1.09. The smallest absolute Gasteiger partial charge is 0.415 e. The standard InChI is InChI=1S/C27H37N3O5/c1-26(2,3)34-24(32)29(17-19-10-8-7-9-11-19)21-13-12-20(28-16-21)14-22-15-23(31)18-30(22)25(33)35-27(4,5)6/h7-13,16,22-23,31H,14-15,17-18H2,1-6H3/t22-,23-/m1/s1. The Hall–Kier alpha value is -3.13. The zero-order valence-electron chi connectivity index (χ0n) is 21.5. The van der Waals surface area contributed by atoms with Gasteiger partial charge in [-0.25, -0.2) is 9.59 Å². The number of likely N-dealkylation sites (tertiary alicyclic amines) is 1. The van der Waals surface area contributed by atoms with E-state index in [-0.39, 0.29) is 12.6 Å². The summed E-state index contributed by atoms with van der Waals surface area (Å²) in [5.41, 5.74) is 1.09. The van der Waals surface area contributed by atoms with Crippen molar-refractivity contribution in [2.45, 2.75) is 84.3 Å². The molecule has 8 heteroatoms. The van der Waals surface area contributed by atoms with Crippen LogP contribution in [0.25, 0.3) is 0 Å². The Balaban J connectivity index is 1.76. The number of β-amino-alcohol motifs (C(OH)–C–C–N with tert-alkyl or cyclic N) is 1. The van der Waals surface area contributed by atoms with Crippen LogP contribution < -0.4 is 4.90 Å². The van der Waals surface area contributed by atoms with Gasteiger partial charge in [-0.3, -0.25) is 9.88 Å². The second kappa shape index (κ2) is 10.6. The molecule has 2 heterocycles. The molecule has 2 atom stereocenters. The maximum absolute atomic E-state index is 13.0. The number of ether oxygens (including phenoxy) is 2. The van der Waals surface area contributed by atoms with Crippen LogP contribution in [0.15, 0.2) is 48.7 Å². The first-order valence-corrected chi connectivity index (χ1v) is 12.0. The van der Waals surface area contributed by atoms with Crippen LogP contribution in [0.2, 0.25) is 0 Å². The fourth-order valence-corrected chi connectivity index (χ4v) is 3.91. The van der Waals surface area contributed by atoms with Crippen molar-refractivity contribution in [2.75, 3.05) is 11.4 Å². The van der Waals surface area contributed by atoms with Gasteiger partial charge in [0.15, 0.2) is 0 Å². The quantitative estimate of drug-likeness (QED) is 0.648. The molecule has 1 aliphatic rings. The molecule has 8 nitrogen and oxygen atoms in total. The Morgan fingerprint density at radius 2 is 1.69 bits per heavy atom. The zero-order chi connectivity index (χ0) is 25.8. The number of nitrogens with zero attached hydrogens (tertiary/aromatic N) is 3. The average Bonchev–Trinajstić information content (AvgIpc) is 3.11. The lowest BCUT2D eigenvalue weighted by molar-refractivity contribution is 0.0208. The Labute approximate surface area is 207 Å². The molecule has 1 N–H and O–H groups in total. The molecular formula is C27H37N3O5. The lowest BCUT2D eigenvalue weighted by Crippen LogP contribution is -2.41. The Morgan fingerprint density at radius 1 is 1.03 bits per heavy atom. The van der Waals surface area contributed by atoms with Crippen molar-refractivity contribution in [3.8, 4) is 0 Å². The molecular weight excluding hydrogens is 446 g/mol. The van der Waals surface area contributed by atoms with Crippen molar-refractivity contribution in [2.24, 2.45) is 0 Å². The van der Waals surface area contributed by atoms with Gasteiger partial charge in [0.25, 0.3) is 0 Å². The van der Waals surface area contributed by atoms with Crippen LogP contribution in [0.1, 0.15) is 59.2 Å². The van der Waals surface area contributed by atoms with E-state index in [9.17, 15) is 14.7 Å². The minimum Gasteiger partial charge on any atom is -0.444 e. The Bertz CT molecular complexity index is 996. The molecule has 2 amide bonds. The number of aromatic nitrogens is 1. The predicted molar refractivity (Wildman–Crippen MR) is 134 cm³/mol. The number of pyridine rings is 1. The molecule has 3 rings (SSSR count). The van der Waals surface area contributed by atoms with Gasteiger partial charge in [-0.1, -0.05) is 30.3 Å². The number of hydrogen-bond donors (Lipinski definition) is 1. The highest BCUT2D eigenvalue weighted by atomic mass is 16.6. The summed E-state index contributed by atoms with van der Waals surface area (Å²) in [6.45, 7) is 11.5. The van der Waals surface area contributed by atoms with E-state index in [1.165, 1.54) is 0 Å². The van der Waals surface area contributed by atoms with Crippen LogP contribution in [0, 0.1) is 0 Å². The van der Waals surface area contributed by atoms with E-state index in [4.69, 9.17) is 9.47 Å². The topological polar surface area (TPSA) is 92.2 Å². The molecule has 190 valence electrons. The second-order valence-electron chi connectivity index (χ2n) is 10.9. The number of anilines is 1. The van der Waals surface area contributed by atoms with E-state index in [1.54, 1.807) is 16.0 Å². The van der Waals surface area contributed by atoms with Gasteiger partial charge < -0.3 is 19.5 Å². The van der Waals surface area contributed by atoms with Crippen LogP contribution in [0.5, 0.6) is 0 Å². The van der Waals surface area contributed by atoms with E-state index >= 15 is 0 Å². The summed E-state index contributed by atoms with van der Waals surface area (Å²) in [5.74, 6) is 0. The highest BCUT2D eigenvalue weighted by Gasteiger charge is 2.37. The maximum Gasteiger partial charge on any atom is 0.415 e. The number of rotatable bonds is 5. The van der Waals surface area contributed by atoms with Crippen LogP contribution in [0.3, 0.4) is 0 Å². The first-order valence-electron chi connectivity index (χ1n) is 12.0. The van der Waals surface area contributed by atoms with Gasteiger partial charge in [-0.2, -0.15) is 0 Å². The summed E-state index contributed by atoms with van der Waals surface area (Å²) in [4.78, 5) is 33.3. The first kappa shape index (κ1) is 26.5. The van der Waals surface area contributed by atoms with Gasteiger partial charge in [0, 0.05) is 18.2 Å². The summed E-state index contributed by atoms with van der Waals surface area (Å²) in [6, 6.07) is 13.1. The van der Waals surface area contributed by atoms with Gasteiger partial charge in [0.05, 0.1) is 31.1 Å². The number of amides is 2. The second-order valence-corrected chi connectivity index (χ2v) is 10.9. The highest BCUT2D eigenvalue weighted by molar-refractivity contribution is 5.87. The van der Waals surface area contributed by atoms with Crippen LogP contribution in [-0.4, -0.2) is 57.1 Å². The third-order valence-electron chi connectivity index (χ3n) is 5.38. The lowest BCUT2D eigenvalue weighted by atomic mass is 10.1. The fraction of sp³-hybridized carbons (Fsp3) is 0.519. The number of carbonyl (C=O) groups excluding carboxylic acids is 2. The number of aliphatic hydroxyl groups is 1. The van der Waals surface area contributed by atoms with E-state index in [0.717, 1.165) is 11.3 Å². The normalized spacial score (nSPS) is 18.3. The Kier molecular flexibility index (Phi) is 8.05. The third-order valence-corrected chi connectivity index (χ3v) is 5.38. The molecule has 1 fully saturated rings. The van der Waals surface area contributed by atoms with Gasteiger partial charge in [-0.05, 0) is 65.7 Å². The first-order chi connectivity index (χ1) is 16.3. The van der Waals surface area contributed by atoms with E-state index in [1.807, 2.05) is 84.0 Å². The molecule has 0 spiro atoms. The van der Waals surface area contributed by atoms with Crippen LogP contribution in [0.4, 0.5) is 15.3 Å². The molecule has 35 heavy (non-hydrogen) atoms. The van der Waals surface area contributed by atoms with Crippen molar-refractivity contribution in [3.05, 3.63) is 59.9 Å². The lowest BCUT2D eigenvalue weighted by Gasteiger charge is -2.29. The molecule has 0 unspecified atom stereocenters. The van der Waals surface area contributed by atoms with Gasteiger partial charge >= 0.3 is 12.2 Å². The summed E-state index contributed by atoms with van der Waals surface area (Å²) in [5, 5.41) is 10.2.